The van der Waals surface area contributed by atoms with Crippen LogP contribution in [0.3, 0.4) is 0 Å². The highest BCUT2D eigenvalue weighted by Crippen LogP contribution is 2.31. The first-order valence-electron chi connectivity index (χ1n) is 9.92. The number of nitrogens with one attached hydrogen (secondary N) is 1. The minimum Gasteiger partial charge on any atom is -0.356 e. The number of benzene rings is 1. The molecule has 1 amide bonds. The van der Waals surface area contributed by atoms with Gasteiger partial charge in [0.15, 0.2) is 0 Å². The fraction of sp³-hybridized carbons (Fsp3) is 0.364. The fourth-order valence-electron chi connectivity index (χ4n) is 3.33. The van der Waals surface area contributed by atoms with Crippen molar-refractivity contribution in [3.63, 3.8) is 0 Å². The van der Waals surface area contributed by atoms with E-state index in [9.17, 15) is 4.79 Å². The molecular formula is C22H25N5O. The standard InChI is InChI=1S/C22H25N5O/c1-2-11-27(14-16-8-9-16)21-13-20(24-15-25-21)22(28)26-18-6-3-5-17(12-18)19-7-4-10-23-19/h3-7,12-13,15-16H,2,8-11,14H2,1H3,(H,26,28). The van der Waals surface area contributed by atoms with Gasteiger partial charge in [-0.05, 0) is 43.4 Å². The number of amides is 1. The molecule has 2 aliphatic rings. The topological polar surface area (TPSA) is 70.5 Å². The van der Waals surface area contributed by atoms with Crippen molar-refractivity contribution in [2.75, 3.05) is 29.9 Å². The molecule has 6 nitrogen and oxygen atoms in total. The molecule has 1 aromatic heterocycles. The maximum atomic E-state index is 12.7. The SMILES string of the molecule is CCCN(CC1CC1)c1cc(C(=O)Nc2cccc(C3=NCC=C3)c2)ncn1. The van der Waals surface area contributed by atoms with E-state index in [0.29, 0.717) is 12.2 Å². The van der Waals surface area contributed by atoms with Crippen molar-refractivity contribution < 1.29 is 4.79 Å². The van der Waals surface area contributed by atoms with E-state index in [1.54, 1.807) is 6.07 Å². The smallest absolute Gasteiger partial charge is 0.274 e. The average Bonchev–Trinajstić information content (AvgIpc) is 3.37. The second-order valence-corrected chi connectivity index (χ2v) is 7.31. The summed E-state index contributed by atoms with van der Waals surface area (Å²) in [7, 11) is 0. The van der Waals surface area contributed by atoms with Crippen LogP contribution in [0.15, 0.2) is 53.8 Å². The van der Waals surface area contributed by atoms with Gasteiger partial charge in [0.25, 0.3) is 5.91 Å². The zero-order valence-electron chi connectivity index (χ0n) is 16.1. The van der Waals surface area contributed by atoms with Crippen molar-refractivity contribution in [3.8, 4) is 0 Å². The van der Waals surface area contributed by atoms with Gasteiger partial charge in [-0.1, -0.05) is 25.1 Å². The summed E-state index contributed by atoms with van der Waals surface area (Å²) in [5.41, 5.74) is 3.05. The van der Waals surface area contributed by atoms with Crippen LogP contribution in [0.2, 0.25) is 0 Å². The third kappa shape index (κ3) is 4.44. The predicted octanol–water partition coefficient (Wildman–Crippen LogP) is 3.71. The molecule has 144 valence electrons. The Balaban J connectivity index is 1.49. The fourth-order valence-corrected chi connectivity index (χ4v) is 3.33. The number of aromatic nitrogens is 2. The van der Waals surface area contributed by atoms with Gasteiger partial charge < -0.3 is 10.2 Å². The van der Waals surface area contributed by atoms with Crippen molar-refractivity contribution in [1.82, 2.24) is 9.97 Å². The lowest BCUT2D eigenvalue weighted by Crippen LogP contribution is -2.28. The normalized spacial score (nSPS) is 15.4. The molecule has 2 aromatic rings. The Morgan fingerprint density at radius 2 is 2.14 bits per heavy atom. The summed E-state index contributed by atoms with van der Waals surface area (Å²) in [6.45, 7) is 4.81. The molecule has 1 aliphatic heterocycles. The van der Waals surface area contributed by atoms with Crippen LogP contribution in [0.1, 0.15) is 42.2 Å². The van der Waals surface area contributed by atoms with E-state index in [2.05, 4.69) is 32.1 Å². The lowest BCUT2D eigenvalue weighted by Gasteiger charge is -2.23. The first kappa shape index (κ1) is 18.3. The summed E-state index contributed by atoms with van der Waals surface area (Å²) in [4.78, 5) is 28.0. The van der Waals surface area contributed by atoms with E-state index in [1.165, 1.54) is 19.2 Å². The first-order chi connectivity index (χ1) is 13.7. The van der Waals surface area contributed by atoms with Crippen LogP contribution in [-0.4, -0.2) is 41.2 Å². The Hall–Kier alpha value is -3.02. The molecule has 0 bridgehead atoms. The predicted molar refractivity (Wildman–Crippen MR) is 112 cm³/mol. The molecule has 1 N–H and O–H groups in total. The number of carbonyl (C=O) groups excluding carboxylic acids is 1. The number of aliphatic imine (C=N–C) groups is 1. The second kappa shape index (κ2) is 8.33. The van der Waals surface area contributed by atoms with Crippen LogP contribution in [0, 0.1) is 5.92 Å². The van der Waals surface area contributed by atoms with Crippen LogP contribution in [0.4, 0.5) is 11.5 Å². The Labute approximate surface area is 165 Å². The van der Waals surface area contributed by atoms with Crippen molar-refractivity contribution in [1.29, 1.82) is 0 Å². The summed E-state index contributed by atoms with van der Waals surface area (Å²) in [6, 6.07) is 9.52. The van der Waals surface area contributed by atoms with Gasteiger partial charge >= 0.3 is 0 Å². The van der Waals surface area contributed by atoms with E-state index >= 15 is 0 Å². The Bertz CT molecular complexity index is 917. The zero-order valence-corrected chi connectivity index (χ0v) is 16.1. The van der Waals surface area contributed by atoms with Gasteiger partial charge in [-0.25, -0.2) is 9.97 Å². The summed E-state index contributed by atoms with van der Waals surface area (Å²) in [5.74, 6) is 1.36. The summed E-state index contributed by atoms with van der Waals surface area (Å²) >= 11 is 0. The number of hydrogen-bond donors (Lipinski definition) is 1. The van der Waals surface area contributed by atoms with Gasteiger partial charge in [0.2, 0.25) is 0 Å². The van der Waals surface area contributed by atoms with E-state index in [4.69, 9.17) is 0 Å². The van der Waals surface area contributed by atoms with Gasteiger partial charge in [-0.3, -0.25) is 9.79 Å². The Morgan fingerprint density at radius 1 is 1.25 bits per heavy atom. The summed E-state index contributed by atoms with van der Waals surface area (Å²) in [6.07, 6.45) is 9.12. The highest BCUT2D eigenvalue weighted by Gasteiger charge is 2.25. The monoisotopic (exact) mass is 375 g/mol. The van der Waals surface area contributed by atoms with Gasteiger partial charge in [0.1, 0.15) is 17.8 Å². The molecule has 0 unspecified atom stereocenters. The molecule has 1 aromatic carbocycles. The van der Waals surface area contributed by atoms with Crippen molar-refractivity contribution in [3.05, 3.63) is 60.1 Å². The molecule has 1 saturated carbocycles. The van der Waals surface area contributed by atoms with Crippen molar-refractivity contribution in [2.24, 2.45) is 10.9 Å². The molecule has 2 heterocycles. The van der Waals surface area contributed by atoms with E-state index in [0.717, 1.165) is 48.2 Å². The summed E-state index contributed by atoms with van der Waals surface area (Å²) < 4.78 is 0. The quantitative estimate of drug-likeness (QED) is 0.763. The lowest BCUT2D eigenvalue weighted by atomic mass is 10.1. The van der Waals surface area contributed by atoms with Crippen LogP contribution < -0.4 is 10.2 Å². The molecule has 1 aliphatic carbocycles. The number of allylic oxidation sites excluding steroid dienone is 1. The Morgan fingerprint density at radius 3 is 2.89 bits per heavy atom. The highest BCUT2D eigenvalue weighted by molar-refractivity contribution is 6.11. The number of anilines is 2. The maximum Gasteiger partial charge on any atom is 0.274 e. The molecule has 6 heteroatoms. The number of carbonyl (C=O) groups is 1. The van der Waals surface area contributed by atoms with Crippen LogP contribution >= 0.6 is 0 Å². The van der Waals surface area contributed by atoms with Gasteiger partial charge in [0.05, 0.1) is 12.3 Å². The van der Waals surface area contributed by atoms with E-state index < -0.39 is 0 Å². The van der Waals surface area contributed by atoms with Gasteiger partial charge in [0, 0.05) is 30.4 Å². The van der Waals surface area contributed by atoms with E-state index in [1.807, 2.05) is 36.4 Å². The van der Waals surface area contributed by atoms with Gasteiger partial charge in [-0.15, -0.1) is 0 Å². The van der Waals surface area contributed by atoms with Crippen LogP contribution in [0.25, 0.3) is 0 Å². The molecule has 28 heavy (non-hydrogen) atoms. The molecule has 0 atom stereocenters. The number of rotatable bonds is 8. The minimum atomic E-state index is -0.229. The third-order valence-corrected chi connectivity index (χ3v) is 4.94. The minimum absolute atomic E-state index is 0.229. The first-order valence-corrected chi connectivity index (χ1v) is 9.92. The zero-order chi connectivity index (χ0) is 19.3. The van der Waals surface area contributed by atoms with Gasteiger partial charge in [-0.2, -0.15) is 0 Å². The summed E-state index contributed by atoms with van der Waals surface area (Å²) in [5, 5.41) is 2.95. The molecule has 4 rings (SSSR count). The number of nitrogens with zero attached hydrogens (tertiary/aromatic N) is 4. The highest BCUT2D eigenvalue weighted by atomic mass is 16.1. The van der Waals surface area contributed by atoms with E-state index in [-0.39, 0.29) is 5.91 Å². The largest absolute Gasteiger partial charge is 0.356 e. The second-order valence-electron chi connectivity index (χ2n) is 7.31. The molecule has 0 spiro atoms. The van der Waals surface area contributed by atoms with Crippen LogP contribution in [-0.2, 0) is 0 Å². The molecule has 1 fully saturated rings. The maximum absolute atomic E-state index is 12.7. The lowest BCUT2D eigenvalue weighted by molar-refractivity contribution is 0.102. The molecular weight excluding hydrogens is 350 g/mol. The third-order valence-electron chi connectivity index (χ3n) is 4.94. The Kier molecular flexibility index (Phi) is 5.46. The average molecular weight is 375 g/mol. The molecule has 0 radical (unpaired) electrons. The van der Waals surface area contributed by atoms with Crippen LogP contribution in [0.5, 0.6) is 0 Å². The number of hydrogen-bond acceptors (Lipinski definition) is 5. The van der Waals surface area contributed by atoms with Crippen molar-refractivity contribution >= 4 is 23.1 Å². The van der Waals surface area contributed by atoms with Crippen molar-refractivity contribution in [2.45, 2.75) is 26.2 Å². The molecule has 0 saturated heterocycles.